The summed E-state index contributed by atoms with van der Waals surface area (Å²) in [6, 6.07) is 5.87. The van der Waals surface area contributed by atoms with Crippen LogP contribution in [0.2, 0.25) is 0 Å². The van der Waals surface area contributed by atoms with Gasteiger partial charge in [-0.2, -0.15) is 0 Å². The highest BCUT2D eigenvalue weighted by Gasteiger charge is 2.00. The average molecular weight is 189 g/mol. The Balaban J connectivity index is 2.37. The van der Waals surface area contributed by atoms with Crippen molar-refractivity contribution in [3.63, 3.8) is 0 Å². The van der Waals surface area contributed by atoms with Gasteiger partial charge in [0.1, 0.15) is 5.82 Å². The van der Waals surface area contributed by atoms with E-state index < -0.39 is 6.43 Å². The molecule has 0 atom stereocenters. The minimum Gasteiger partial charge on any atom is -0.307 e. The Morgan fingerprint density at radius 1 is 1.31 bits per heavy atom. The van der Waals surface area contributed by atoms with Crippen LogP contribution in [0.4, 0.5) is 13.2 Å². The first-order valence-electron chi connectivity index (χ1n) is 3.92. The fraction of sp³-hybridized carbons (Fsp3) is 0.333. The Kier molecular flexibility index (Phi) is 3.76. The van der Waals surface area contributed by atoms with E-state index in [4.69, 9.17) is 0 Å². The molecule has 0 spiro atoms. The monoisotopic (exact) mass is 189 g/mol. The van der Waals surface area contributed by atoms with Gasteiger partial charge < -0.3 is 5.32 Å². The summed E-state index contributed by atoms with van der Waals surface area (Å²) in [5.74, 6) is -0.351. The smallest absolute Gasteiger partial charge is 0.250 e. The number of hydrogen-bond acceptors (Lipinski definition) is 1. The molecular formula is C9H10F3N. The Morgan fingerprint density at radius 2 is 2.08 bits per heavy atom. The van der Waals surface area contributed by atoms with Crippen LogP contribution in [0, 0.1) is 5.82 Å². The standard InChI is InChI=1S/C9H10F3N/c10-8-3-1-2-7(4-8)5-13-6-9(11)12/h1-4,9,13H,5-6H2. The summed E-state index contributed by atoms with van der Waals surface area (Å²) in [5, 5.41) is 2.51. The van der Waals surface area contributed by atoms with Crippen molar-refractivity contribution in [2.24, 2.45) is 0 Å². The van der Waals surface area contributed by atoms with Crippen LogP contribution in [0.1, 0.15) is 5.56 Å². The molecule has 0 heterocycles. The molecule has 1 rings (SSSR count). The third-order valence-corrected chi connectivity index (χ3v) is 1.52. The summed E-state index contributed by atoms with van der Waals surface area (Å²) in [6.45, 7) is -0.0986. The molecule has 0 radical (unpaired) electrons. The van der Waals surface area contributed by atoms with Crippen LogP contribution >= 0.6 is 0 Å². The summed E-state index contributed by atoms with van der Waals surface area (Å²) >= 11 is 0. The van der Waals surface area contributed by atoms with Gasteiger partial charge in [-0.3, -0.25) is 0 Å². The fourth-order valence-electron chi connectivity index (χ4n) is 0.973. The number of nitrogens with one attached hydrogen (secondary N) is 1. The Labute approximate surface area is 74.6 Å². The molecule has 0 aliphatic carbocycles. The highest BCUT2D eigenvalue weighted by atomic mass is 19.3. The number of alkyl halides is 2. The van der Waals surface area contributed by atoms with Crippen LogP contribution in [-0.4, -0.2) is 13.0 Å². The average Bonchev–Trinajstić information content (AvgIpc) is 2.03. The third-order valence-electron chi connectivity index (χ3n) is 1.52. The number of halogens is 3. The van der Waals surface area contributed by atoms with Crippen LogP contribution < -0.4 is 5.32 Å². The maximum Gasteiger partial charge on any atom is 0.250 e. The van der Waals surface area contributed by atoms with Crippen molar-refractivity contribution in [3.05, 3.63) is 35.6 Å². The summed E-state index contributed by atoms with van der Waals surface area (Å²) in [5.41, 5.74) is 0.667. The zero-order valence-electron chi connectivity index (χ0n) is 6.93. The molecule has 0 amide bonds. The third kappa shape index (κ3) is 3.94. The van der Waals surface area contributed by atoms with Gasteiger partial charge in [0, 0.05) is 6.54 Å². The minimum absolute atomic E-state index is 0.266. The normalized spacial score (nSPS) is 10.8. The zero-order valence-corrected chi connectivity index (χ0v) is 6.93. The van der Waals surface area contributed by atoms with Crippen LogP contribution in [-0.2, 0) is 6.54 Å². The van der Waals surface area contributed by atoms with Gasteiger partial charge >= 0.3 is 0 Å². The number of hydrogen-bond donors (Lipinski definition) is 1. The van der Waals surface area contributed by atoms with E-state index in [9.17, 15) is 13.2 Å². The van der Waals surface area contributed by atoms with E-state index in [0.29, 0.717) is 5.56 Å². The largest absolute Gasteiger partial charge is 0.307 e. The van der Waals surface area contributed by atoms with E-state index in [2.05, 4.69) is 5.32 Å². The van der Waals surface area contributed by atoms with Crippen molar-refractivity contribution in [1.82, 2.24) is 5.32 Å². The van der Waals surface area contributed by atoms with Gasteiger partial charge in [0.2, 0.25) is 0 Å². The molecule has 72 valence electrons. The van der Waals surface area contributed by atoms with Crippen molar-refractivity contribution in [2.75, 3.05) is 6.54 Å². The quantitative estimate of drug-likeness (QED) is 0.765. The molecule has 0 aromatic heterocycles. The Morgan fingerprint density at radius 3 is 2.69 bits per heavy atom. The van der Waals surface area contributed by atoms with Gasteiger partial charge in [0.25, 0.3) is 6.43 Å². The van der Waals surface area contributed by atoms with Gasteiger partial charge in [-0.25, -0.2) is 13.2 Å². The lowest BCUT2D eigenvalue weighted by atomic mass is 10.2. The second-order valence-corrected chi connectivity index (χ2v) is 2.65. The molecule has 1 N–H and O–H groups in total. The van der Waals surface area contributed by atoms with Crippen LogP contribution in [0.3, 0.4) is 0 Å². The predicted octanol–water partition coefficient (Wildman–Crippen LogP) is 2.18. The predicted molar refractivity (Wildman–Crippen MR) is 44.1 cm³/mol. The van der Waals surface area contributed by atoms with Gasteiger partial charge in [0.15, 0.2) is 0 Å². The van der Waals surface area contributed by atoms with Gasteiger partial charge in [-0.05, 0) is 17.7 Å². The molecule has 4 heteroatoms. The van der Waals surface area contributed by atoms with Crippen LogP contribution in [0.15, 0.2) is 24.3 Å². The highest BCUT2D eigenvalue weighted by Crippen LogP contribution is 2.02. The van der Waals surface area contributed by atoms with Crippen molar-refractivity contribution in [2.45, 2.75) is 13.0 Å². The Bertz CT molecular complexity index is 263. The maximum atomic E-state index is 12.6. The van der Waals surface area contributed by atoms with E-state index in [0.717, 1.165) is 0 Å². The molecule has 1 nitrogen and oxygen atoms in total. The molecule has 1 aromatic carbocycles. The highest BCUT2D eigenvalue weighted by molar-refractivity contribution is 5.15. The lowest BCUT2D eigenvalue weighted by Crippen LogP contribution is -2.20. The lowest BCUT2D eigenvalue weighted by molar-refractivity contribution is 0.145. The molecule has 1 aromatic rings. The summed E-state index contributed by atoms with van der Waals surface area (Å²) in [7, 11) is 0. The van der Waals surface area contributed by atoms with Crippen molar-refractivity contribution < 1.29 is 13.2 Å². The summed E-state index contributed by atoms with van der Waals surface area (Å²) in [4.78, 5) is 0. The van der Waals surface area contributed by atoms with E-state index >= 15 is 0 Å². The molecule has 0 aliphatic heterocycles. The van der Waals surface area contributed by atoms with Crippen LogP contribution in [0.5, 0.6) is 0 Å². The second-order valence-electron chi connectivity index (χ2n) is 2.65. The summed E-state index contributed by atoms with van der Waals surface area (Å²) in [6.07, 6.45) is -2.37. The maximum absolute atomic E-state index is 12.6. The fourth-order valence-corrected chi connectivity index (χ4v) is 0.973. The van der Waals surface area contributed by atoms with E-state index in [1.807, 2.05) is 0 Å². The molecule has 0 fully saturated rings. The Hall–Kier alpha value is -1.03. The van der Waals surface area contributed by atoms with Crippen molar-refractivity contribution in [1.29, 1.82) is 0 Å². The van der Waals surface area contributed by atoms with Gasteiger partial charge in [-0.15, -0.1) is 0 Å². The van der Waals surface area contributed by atoms with Crippen LogP contribution in [0.25, 0.3) is 0 Å². The van der Waals surface area contributed by atoms with E-state index in [-0.39, 0.29) is 18.9 Å². The van der Waals surface area contributed by atoms with E-state index in [1.54, 1.807) is 12.1 Å². The number of rotatable bonds is 4. The molecule has 0 unspecified atom stereocenters. The lowest BCUT2D eigenvalue weighted by Gasteiger charge is -2.03. The van der Waals surface area contributed by atoms with Crippen molar-refractivity contribution in [3.8, 4) is 0 Å². The SMILES string of the molecule is Fc1cccc(CNCC(F)F)c1. The number of benzene rings is 1. The first-order valence-corrected chi connectivity index (χ1v) is 3.92. The molecule has 0 bridgehead atoms. The molecule has 0 saturated carbocycles. The topological polar surface area (TPSA) is 12.0 Å². The van der Waals surface area contributed by atoms with Gasteiger partial charge in [-0.1, -0.05) is 12.1 Å². The first-order chi connectivity index (χ1) is 6.18. The minimum atomic E-state index is -2.37. The molecule has 0 saturated heterocycles. The molecular weight excluding hydrogens is 179 g/mol. The second kappa shape index (κ2) is 4.87. The van der Waals surface area contributed by atoms with E-state index in [1.165, 1.54) is 12.1 Å². The van der Waals surface area contributed by atoms with Crippen molar-refractivity contribution >= 4 is 0 Å². The first kappa shape index (κ1) is 10.1. The summed E-state index contributed by atoms with van der Waals surface area (Å²) < 4.78 is 35.9. The zero-order chi connectivity index (χ0) is 9.68. The van der Waals surface area contributed by atoms with Gasteiger partial charge in [0.05, 0.1) is 6.54 Å². The molecule has 13 heavy (non-hydrogen) atoms. The molecule has 0 aliphatic rings.